The van der Waals surface area contributed by atoms with Gasteiger partial charge in [0.15, 0.2) is 0 Å². The molecule has 1 aliphatic rings. The van der Waals surface area contributed by atoms with E-state index >= 15 is 0 Å². The molecule has 0 aromatic rings. The highest BCUT2D eigenvalue weighted by Crippen LogP contribution is 2.08. The highest BCUT2D eigenvalue weighted by atomic mass is 16.2. The minimum Gasteiger partial charge on any atom is -0.340 e. The first-order valence-electron chi connectivity index (χ1n) is 4.45. The van der Waals surface area contributed by atoms with Crippen LogP contribution in [0.4, 0.5) is 0 Å². The molecular formula is C8H17N3O. The van der Waals surface area contributed by atoms with Gasteiger partial charge in [-0.1, -0.05) is 6.92 Å². The molecule has 70 valence electrons. The van der Waals surface area contributed by atoms with Crippen molar-refractivity contribution in [2.75, 3.05) is 13.1 Å². The van der Waals surface area contributed by atoms with Gasteiger partial charge in [-0.3, -0.25) is 4.79 Å². The standard InChI is InChI=1S/C8H17N3O/c1-2-7(10)8(12)11-4-3-6(9)5-11/h6-7H,2-5,9-10H2,1H3/t6-,7-/m0/s1. The summed E-state index contributed by atoms with van der Waals surface area (Å²) in [4.78, 5) is 13.2. The molecule has 2 atom stereocenters. The largest absolute Gasteiger partial charge is 0.340 e. The Bertz CT molecular complexity index is 172. The fraction of sp³-hybridized carbons (Fsp3) is 0.875. The lowest BCUT2D eigenvalue weighted by molar-refractivity contribution is -0.131. The summed E-state index contributed by atoms with van der Waals surface area (Å²) in [5.41, 5.74) is 11.3. The zero-order valence-electron chi connectivity index (χ0n) is 7.49. The van der Waals surface area contributed by atoms with Gasteiger partial charge in [0, 0.05) is 19.1 Å². The minimum absolute atomic E-state index is 0.0467. The minimum atomic E-state index is -0.338. The second kappa shape index (κ2) is 3.87. The van der Waals surface area contributed by atoms with E-state index in [1.54, 1.807) is 4.90 Å². The number of carbonyl (C=O) groups is 1. The van der Waals surface area contributed by atoms with E-state index in [4.69, 9.17) is 11.5 Å². The fourth-order valence-electron chi connectivity index (χ4n) is 1.40. The van der Waals surface area contributed by atoms with Crippen LogP contribution < -0.4 is 11.5 Å². The Hall–Kier alpha value is -0.610. The van der Waals surface area contributed by atoms with E-state index in [1.165, 1.54) is 0 Å². The van der Waals surface area contributed by atoms with E-state index < -0.39 is 0 Å². The van der Waals surface area contributed by atoms with Crippen LogP contribution in [0.2, 0.25) is 0 Å². The van der Waals surface area contributed by atoms with E-state index in [0.29, 0.717) is 13.0 Å². The number of likely N-dealkylation sites (tertiary alicyclic amines) is 1. The third kappa shape index (κ3) is 1.95. The van der Waals surface area contributed by atoms with Crippen molar-refractivity contribution in [3.63, 3.8) is 0 Å². The number of hydrogen-bond acceptors (Lipinski definition) is 3. The van der Waals surface area contributed by atoms with Crippen LogP contribution in [0.25, 0.3) is 0 Å². The first-order chi connectivity index (χ1) is 5.65. The zero-order chi connectivity index (χ0) is 9.14. The number of carbonyl (C=O) groups excluding carboxylic acids is 1. The first-order valence-corrected chi connectivity index (χ1v) is 4.45. The molecule has 0 unspecified atom stereocenters. The maximum Gasteiger partial charge on any atom is 0.239 e. The summed E-state index contributed by atoms with van der Waals surface area (Å²) in [5.74, 6) is 0.0467. The van der Waals surface area contributed by atoms with Crippen LogP contribution in [-0.2, 0) is 4.79 Å². The van der Waals surface area contributed by atoms with Gasteiger partial charge in [0.25, 0.3) is 0 Å². The lowest BCUT2D eigenvalue weighted by Gasteiger charge is -2.19. The Morgan fingerprint density at radius 3 is 2.83 bits per heavy atom. The molecular weight excluding hydrogens is 154 g/mol. The molecule has 1 rings (SSSR count). The van der Waals surface area contributed by atoms with Crippen molar-refractivity contribution in [1.82, 2.24) is 4.90 Å². The average Bonchev–Trinajstić information content (AvgIpc) is 2.49. The summed E-state index contributed by atoms with van der Waals surface area (Å²) < 4.78 is 0. The van der Waals surface area contributed by atoms with E-state index in [9.17, 15) is 4.79 Å². The highest BCUT2D eigenvalue weighted by molar-refractivity contribution is 5.81. The van der Waals surface area contributed by atoms with Crippen LogP contribution in [0.15, 0.2) is 0 Å². The lowest BCUT2D eigenvalue weighted by Crippen LogP contribution is -2.43. The molecule has 0 aromatic heterocycles. The van der Waals surface area contributed by atoms with Crippen molar-refractivity contribution >= 4 is 5.91 Å². The van der Waals surface area contributed by atoms with Gasteiger partial charge in [0.05, 0.1) is 6.04 Å². The smallest absolute Gasteiger partial charge is 0.239 e. The number of hydrogen-bond donors (Lipinski definition) is 2. The third-order valence-electron chi connectivity index (χ3n) is 2.29. The number of nitrogens with zero attached hydrogens (tertiary/aromatic N) is 1. The van der Waals surface area contributed by atoms with E-state index in [2.05, 4.69) is 0 Å². The van der Waals surface area contributed by atoms with Gasteiger partial charge < -0.3 is 16.4 Å². The molecule has 1 aliphatic heterocycles. The van der Waals surface area contributed by atoms with Crippen LogP contribution >= 0.6 is 0 Å². The van der Waals surface area contributed by atoms with E-state index in [1.807, 2.05) is 6.92 Å². The van der Waals surface area contributed by atoms with Crippen LogP contribution in [0.3, 0.4) is 0 Å². The molecule has 0 aliphatic carbocycles. The summed E-state index contributed by atoms with van der Waals surface area (Å²) in [6, 6.07) is -0.187. The van der Waals surface area contributed by atoms with Crippen molar-refractivity contribution < 1.29 is 4.79 Å². The second-order valence-corrected chi connectivity index (χ2v) is 3.35. The Balaban J connectivity index is 2.43. The van der Waals surface area contributed by atoms with Gasteiger partial charge in [-0.25, -0.2) is 0 Å². The molecule has 12 heavy (non-hydrogen) atoms. The van der Waals surface area contributed by atoms with Crippen LogP contribution in [0, 0.1) is 0 Å². The van der Waals surface area contributed by atoms with Gasteiger partial charge in [-0.2, -0.15) is 0 Å². The van der Waals surface area contributed by atoms with Crippen LogP contribution in [-0.4, -0.2) is 36.0 Å². The molecule has 4 N–H and O–H groups in total. The maximum absolute atomic E-state index is 11.5. The number of rotatable bonds is 2. The SMILES string of the molecule is CC[C@H](N)C(=O)N1CC[C@H](N)C1. The fourth-order valence-corrected chi connectivity index (χ4v) is 1.40. The summed E-state index contributed by atoms with van der Waals surface area (Å²) in [7, 11) is 0. The molecule has 0 aromatic carbocycles. The van der Waals surface area contributed by atoms with Gasteiger partial charge >= 0.3 is 0 Å². The summed E-state index contributed by atoms with van der Waals surface area (Å²) >= 11 is 0. The van der Waals surface area contributed by atoms with Crippen molar-refractivity contribution in [2.24, 2.45) is 11.5 Å². The quantitative estimate of drug-likeness (QED) is 0.576. The summed E-state index contributed by atoms with van der Waals surface area (Å²) in [6.07, 6.45) is 1.60. The Morgan fingerprint density at radius 1 is 1.75 bits per heavy atom. The molecule has 0 bridgehead atoms. The monoisotopic (exact) mass is 171 g/mol. The molecule has 1 fully saturated rings. The van der Waals surface area contributed by atoms with Crippen molar-refractivity contribution in [3.05, 3.63) is 0 Å². The van der Waals surface area contributed by atoms with Crippen molar-refractivity contribution in [2.45, 2.75) is 31.8 Å². The Labute approximate surface area is 72.9 Å². The van der Waals surface area contributed by atoms with E-state index in [0.717, 1.165) is 13.0 Å². The average molecular weight is 171 g/mol. The maximum atomic E-state index is 11.5. The number of nitrogens with two attached hydrogens (primary N) is 2. The normalized spacial score (nSPS) is 25.9. The Kier molecular flexibility index (Phi) is 3.05. The molecule has 0 radical (unpaired) electrons. The predicted molar refractivity (Wildman–Crippen MR) is 47.4 cm³/mol. The molecule has 0 spiro atoms. The molecule has 1 amide bonds. The summed E-state index contributed by atoms with van der Waals surface area (Å²) in [6.45, 7) is 3.36. The van der Waals surface area contributed by atoms with Crippen LogP contribution in [0.1, 0.15) is 19.8 Å². The molecule has 1 saturated heterocycles. The lowest BCUT2D eigenvalue weighted by atomic mass is 10.2. The molecule has 1 heterocycles. The predicted octanol–water partition coefficient (Wildman–Crippen LogP) is -0.717. The molecule has 0 saturated carbocycles. The van der Waals surface area contributed by atoms with Gasteiger partial charge in [0.1, 0.15) is 0 Å². The topological polar surface area (TPSA) is 72.4 Å². The number of amides is 1. The van der Waals surface area contributed by atoms with Crippen molar-refractivity contribution in [1.29, 1.82) is 0 Å². The van der Waals surface area contributed by atoms with Gasteiger partial charge in [-0.05, 0) is 12.8 Å². The van der Waals surface area contributed by atoms with Gasteiger partial charge in [0.2, 0.25) is 5.91 Å². The van der Waals surface area contributed by atoms with E-state index in [-0.39, 0.29) is 18.0 Å². The molecule has 4 nitrogen and oxygen atoms in total. The summed E-state index contributed by atoms with van der Waals surface area (Å²) in [5, 5.41) is 0. The zero-order valence-corrected chi connectivity index (χ0v) is 7.49. The van der Waals surface area contributed by atoms with Crippen LogP contribution in [0.5, 0.6) is 0 Å². The third-order valence-corrected chi connectivity index (χ3v) is 2.29. The highest BCUT2D eigenvalue weighted by Gasteiger charge is 2.26. The molecule has 4 heteroatoms. The Morgan fingerprint density at radius 2 is 2.42 bits per heavy atom. The van der Waals surface area contributed by atoms with Crippen molar-refractivity contribution in [3.8, 4) is 0 Å². The van der Waals surface area contributed by atoms with Gasteiger partial charge in [-0.15, -0.1) is 0 Å². The first kappa shape index (κ1) is 9.48. The second-order valence-electron chi connectivity index (χ2n) is 3.35.